The van der Waals surface area contributed by atoms with Gasteiger partial charge in [-0.05, 0) is 42.0 Å². The summed E-state index contributed by atoms with van der Waals surface area (Å²) >= 11 is 0. The van der Waals surface area contributed by atoms with Gasteiger partial charge in [0, 0.05) is 18.2 Å². The number of hydrogen-bond acceptors (Lipinski definition) is 17. The summed E-state index contributed by atoms with van der Waals surface area (Å²) in [5.74, 6) is -2.43. The molecule has 0 bridgehead atoms. The second-order valence-electron chi connectivity index (χ2n) is 12.7. The van der Waals surface area contributed by atoms with E-state index in [-0.39, 0.29) is 39.9 Å². The molecule has 0 aliphatic carbocycles. The van der Waals surface area contributed by atoms with Gasteiger partial charge in [-0.3, -0.25) is 0 Å². The average molecular weight is 760 g/mol. The Morgan fingerprint density at radius 1 is 0.722 bits per heavy atom. The molecule has 3 aromatic carbocycles. The van der Waals surface area contributed by atoms with Crippen LogP contribution in [0.25, 0.3) is 12.2 Å². The van der Waals surface area contributed by atoms with Crippen LogP contribution in [0, 0.1) is 0 Å². The van der Waals surface area contributed by atoms with Crippen molar-refractivity contribution in [3.63, 3.8) is 0 Å². The zero-order valence-corrected chi connectivity index (χ0v) is 28.0. The van der Waals surface area contributed by atoms with Gasteiger partial charge in [-0.1, -0.05) is 12.1 Å². The molecule has 18 heteroatoms. The van der Waals surface area contributed by atoms with Crippen LogP contribution in [0.15, 0.2) is 66.4 Å². The summed E-state index contributed by atoms with van der Waals surface area (Å²) < 4.78 is 32.9. The molecule has 3 aromatic rings. The Morgan fingerprint density at radius 3 is 2.04 bits per heavy atom. The van der Waals surface area contributed by atoms with Crippen molar-refractivity contribution in [2.45, 2.75) is 67.5 Å². The molecule has 0 amide bonds. The maximum atomic E-state index is 12.4. The van der Waals surface area contributed by atoms with E-state index in [1.807, 2.05) is 0 Å². The van der Waals surface area contributed by atoms with Crippen molar-refractivity contribution in [1.29, 1.82) is 0 Å². The highest BCUT2D eigenvalue weighted by molar-refractivity contribution is 5.87. The largest absolute Gasteiger partial charge is 0.571 e. The molecule has 11 atom stereocenters. The van der Waals surface area contributed by atoms with Gasteiger partial charge in [0.25, 0.3) is 11.9 Å². The number of ether oxygens (including phenoxy) is 6. The van der Waals surface area contributed by atoms with Crippen LogP contribution in [0.5, 0.6) is 34.5 Å². The van der Waals surface area contributed by atoms with Crippen LogP contribution in [0.3, 0.4) is 0 Å². The first-order valence-corrected chi connectivity index (χ1v) is 16.5. The Morgan fingerprint density at radius 2 is 1.37 bits per heavy atom. The number of phenols is 4. The SMILES string of the molecule is O=C(/C=C/c1ccc(O)cc1)OC[C@@H]1O[C@@H](Oc2cc(O)cc3c2C=C(O[C@@H]2O[C@@H](CO)[C@H](O)[C@@H](O)[C@H]2O)C(c2ccc(O)c(O)c2)[OH+]3)[C@H](O)[C@@H](O)[C@@H]1O. The fourth-order valence-corrected chi connectivity index (χ4v) is 5.96. The fourth-order valence-electron chi connectivity index (χ4n) is 5.96. The van der Waals surface area contributed by atoms with Gasteiger partial charge in [-0.15, -0.1) is 0 Å². The Labute approximate surface area is 305 Å². The third kappa shape index (κ3) is 8.16. The van der Waals surface area contributed by atoms with Crippen molar-refractivity contribution in [2.75, 3.05) is 13.2 Å². The number of phenolic OH excluding ortho intramolecular Hbond substituents is 4. The van der Waals surface area contributed by atoms with E-state index in [2.05, 4.69) is 4.74 Å². The Bertz CT molecular complexity index is 1860. The first-order chi connectivity index (χ1) is 25.7. The van der Waals surface area contributed by atoms with Crippen molar-refractivity contribution >= 4 is 18.1 Å². The van der Waals surface area contributed by atoms with Gasteiger partial charge in [0.15, 0.2) is 17.3 Å². The predicted molar refractivity (Wildman–Crippen MR) is 181 cm³/mol. The van der Waals surface area contributed by atoms with Crippen molar-refractivity contribution in [3.8, 4) is 34.5 Å². The molecular weight excluding hydrogens is 720 g/mol. The standard InChI is InChI=1S/C36H38O18/c37-13-25-28(43)30(45)32(47)36(53-25)52-24-12-19-22(50-34(24)16-4-7-20(40)21(41)9-16)10-18(39)11-23(19)51-35-33(48)31(46)29(44)26(54-35)14-49-27(42)8-3-15-1-5-17(38)6-2-15/h1-12,25-26,28-41,43-48H,13-14H2/p+1/b8-3+/t25-,26-,28-,29+,30+,31-,32+,33+,34?,35+,36+/m0/s1. The second kappa shape index (κ2) is 16.1. The van der Waals surface area contributed by atoms with Gasteiger partial charge in [-0.2, -0.15) is 0 Å². The molecule has 54 heavy (non-hydrogen) atoms. The minimum atomic E-state index is -1.87. The summed E-state index contributed by atoms with van der Waals surface area (Å²) in [6.45, 7) is -1.33. The van der Waals surface area contributed by atoms with Crippen LogP contribution >= 0.6 is 0 Å². The number of fused-ring (bicyclic) bond motifs is 1. The molecule has 290 valence electrons. The van der Waals surface area contributed by atoms with Crippen LogP contribution in [-0.2, 0) is 23.7 Å². The monoisotopic (exact) mass is 759 g/mol. The van der Waals surface area contributed by atoms with Gasteiger partial charge >= 0.3 is 5.97 Å². The molecular formula is C36H39O18+. The number of benzene rings is 3. The number of esters is 1. The zero-order valence-electron chi connectivity index (χ0n) is 28.0. The molecule has 3 heterocycles. The zero-order chi connectivity index (χ0) is 38.8. The lowest BCUT2D eigenvalue weighted by Crippen LogP contribution is -2.60. The van der Waals surface area contributed by atoms with Crippen LogP contribution in [-0.4, -0.2) is 142 Å². The van der Waals surface area contributed by atoms with Crippen LogP contribution in [0.2, 0.25) is 0 Å². The minimum Gasteiger partial charge on any atom is -0.571 e. The van der Waals surface area contributed by atoms with E-state index in [4.69, 9.17) is 23.7 Å². The summed E-state index contributed by atoms with van der Waals surface area (Å²) in [4.78, 5) is 12.4. The highest BCUT2D eigenvalue weighted by atomic mass is 16.7. The first-order valence-electron chi connectivity index (χ1n) is 16.5. The van der Waals surface area contributed by atoms with Crippen LogP contribution in [0.1, 0.15) is 22.8 Å². The Kier molecular flexibility index (Phi) is 11.5. The van der Waals surface area contributed by atoms with E-state index in [0.717, 1.165) is 12.1 Å². The summed E-state index contributed by atoms with van der Waals surface area (Å²) in [6, 6.07) is 12.1. The molecule has 0 aromatic heterocycles. The molecule has 1 unspecified atom stereocenters. The highest BCUT2D eigenvalue weighted by Crippen LogP contribution is 2.47. The van der Waals surface area contributed by atoms with Crippen molar-refractivity contribution in [1.82, 2.24) is 0 Å². The van der Waals surface area contributed by atoms with E-state index >= 15 is 0 Å². The third-order valence-electron chi connectivity index (χ3n) is 8.95. The summed E-state index contributed by atoms with van der Waals surface area (Å²) in [5.41, 5.74) is 0.886. The van der Waals surface area contributed by atoms with Gasteiger partial charge in [0.05, 0.1) is 18.2 Å². The quantitative estimate of drug-likeness (QED) is 0.0517. The topological polar surface area (TPSA) is 299 Å². The number of aromatic hydroxyl groups is 5. The Balaban J connectivity index is 1.26. The van der Waals surface area contributed by atoms with Crippen molar-refractivity contribution in [3.05, 3.63) is 83.1 Å². The van der Waals surface area contributed by atoms with Gasteiger partial charge in [0.1, 0.15) is 78.3 Å². The number of hydrogen-bond donors (Lipinski definition) is 11. The number of aliphatic hydroxyl groups excluding tert-OH is 7. The normalized spacial score (nSPS) is 30.9. The molecule has 2 saturated heterocycles. The lowest BCUT2D eigenvalue weighted by molar-refractivity contribution is -0.295. The minimum absolute atomic E-state index is 0.0357. The summed E-state index contributed by atoms with van der Waals surface area (Å²) in [6.07, 6.45) is -14.3. The maximum Gasteiger partial charge on any atom is 0.330 e. The number of carbonyl (C=O) groups excluding carboxylic acids is 1. The molecule has 3 aliphatic heterocycles. The fraction of sp³-hybridized carbons (Fsp3) is 0.361. The maximum absolute atomic E-state index is 12.4. The van der Waals surface area contributed by atoms with Crippen molar-refractivity contribution in [2.24, 2.45) is 0 Å². The number of aliphatic hydroxyl groups is 8. The Hall–Kier alpha value is -5.15. The van der Waals surface area contributed by atoms with Gasteiger partial charge in [0.2, 0.25) is 12.6 Å². The number of carbonyl (C=O) groups is 1. The molecule has 0 saturated carbocycles. The molecule has 6 rings (SSSR count). The molecule has 0 radical (unpaired) electrons. The highest BCUT2D eigenvalue weighted by Gasteiger charge is 2.48. The van der Waals surface area contributed by atoms with Gasteiger partial charge in [-0.25, -0.2) is 4.79 Å². The van der Waals surface area contributed by atoms with Crippen molar-refractivity contribution < 1.29 is 89.4 Å². The van der Waals surface area contributed by atoms with E-state index in [1.165, 1.54) is 48.6 Å². The lowest BCUT2D eigenvalue weighted by Gasteiger charge is -2.41. The smallest absolute Gasteiger partial charge is 0.330 e. The van der Waals surface area contributed by atoms with E-state index in [1.54, 1.807) is 12.1 Å². The molecule has 3 aliphatic rings. The third-order valence-corrected chi connectivity index (χ3v) is 8.95. The molecule has 18 nitrogen and oxygen atoms in total. The van der Waals surface area contributed by atoms with Gasteiger partial charge < -0.3 is 84.6 Å². The second-order valence-corrected chi connectivity index (χ2v) is 12.7. The molecule has 0 spiro atoms. The van der Waals surface area contributed by atoms with Crippen LogP contribution < -0.4 is 4.74 Å². The molecule has 2 fully saturated rings. The number of rotatable bonds is 10. The predicted octanol–water partition coefficient (Wildman–Crippen LogP) is -0.894. The summed E-state index contributed by atoms with van der Waals surface area (Å²) in [5, 5.41) is 113. The van der Waals surface area contributed by atoms with Crippen LogP contribution in [0.4, 0.5) is 0 Å². The average Bonchev–Trinajstić information content (AvgIpc) is 3.15. The molecule has 12 N–H and O–H groups in total. The lowest BCUT2D eigenvalue weighted by atomic mass is 9.98. The van der Waals surface area contributed by atoms with E-state index in [9.17, 15) is 61.0 Å². The van der Waals surface area contributed by atoms with E-state index < -0.39 is 98.2 Å². The summed E-state index contributed by atoms with van der Waals surface area (Å²) in [7, 11) is 0. The van der Waals surface area contributed by atoms with E-state index in [0.29, 0.717) is 5.56 Å². The first kappa shape index (κ1) is 38.6.